The van der Waals surface area contributed by atoms with Gasteiger partial charge in [-0.05, 0) is 43.9 Å². The predicted molar refractivity (Wildman–Crippen MR) is 94.7 cm³/mol. The molecule has 0 spiro atoms. The standard InChI is InChI=1S/C18H22N4O4/c19-8-7-15(23)20-11-2-4-12(5-3-11)21-17(25)10-1-6-14-13(9-10)16(24)18(26)22-14/h1,6,9,11-12H,2-5,7-8,19H2,(H,20,23)(H,21,25)(H,22,24,26). The molecule has 0 radical (unpaired) electrons. The van der Waals surface area contributed by atoms with Gasteiger partial charge in [0, 0.05) is 30.6 Å². The van der Waals surface area contributed by atoms with Gasteiger partial charge in [0.05, 0.1) is 11.3 Å². The number of hydrogen-bond donors (Lipinski definition) is 4. The number of Topliss-reactive ketones (excluding diaryl/α,β-unsaturated/α-hetero) is 1. The predicted octanol–water partition coefficient (Wildman–Crippen LogP) is 0.327. The minimum atomic E-state index is -0.674. The lowest BCUT2D eigenvalue weighted by Crippen LogP contribution is -2.44. The summed E-state index contributed by atoms with van der Waals surface area (Å²) in [5, 5.41) is 8.38. The van der Waals surface area contributed by atoms with E-state index < -0.39 is 11.7 Å². The van der Waals surface area contributed by atoms with Gasteiger partial charge in [0.2, 0.25) is 5.91 Å². The van der Waals surface area contributed by atoms with E-state index in [4.69, 9.17) is 5.73 Å². The first-order chi connectivity index (χ1) is 12.5. The van der Waals surface area contributed by atoms with Gasteiger partial charge in [-0.25, -0.2) is 0 Å². The van der Waals surface area contributed by atoms with Gasteiger partial charge < -0.3 is 21.7 Å². The fourth-order valence-corrected chi connectivity index (χ4v) is 3.37. The lowest BCUT2D eigenvalue weighted by Gasteiger charge is -2.29. The number of nitrogens with two attached hydrogens (primary N) is 1. The van der Waals surface area contributed by atoms with Gasteiger partial charge >= 0.3 is 0 Å². The topological polar surface area (TPSA) is 130 Å². The van der Waals surface area contributed by atoms with Crippen molar-refractivity contribution in [3.8, 4) is 0 Å². The average molecular weight is 358 g/mol. The summed E-state index contributed by atoms with van der Waals surface area (Å²) < 4.78 is 0. The van der Waals surface area contributed by atoms with Crippen LogP contribution in [0.2, 0.25) is 0 Å². The Morgan fingerprint density at radius 2 is 1.73 bits per heavy atom. The summed E-state index contributed by atoms with van der Waals surface area (Å²) in [7, 11) is 0. The highest BCUT2D eigenvalue weighted by Gasteiger charge is 2.29. The van der Waals surface area contributed by atoms with E-state index >= 15 is 0 Å². The fraction of sp³-hybridized carbons (Fsp3) is 0.444. The third-order valence-electron chi connectivity index (χ3n) is 4.78. The third-order valence-corrected chi connectivity index (χ3v) is 4.78. The van der Waals surface area contributed by atoms with Crippen LogP contribution in [0.15, 0.2) is 18.2 Å². The molecule has 1 aromatic rings. The van der Waals surface area contributed by atoms with Crippen LogP contribution in [0, 0.1) is 0 Å². The molecule has 1 aliphatic carbocycles. The zero-order chi connectivity index (χ0) is 18.7. The Kier molecular flexibility index (Phi) is 5.32. The molecule has 1 heterocycles. The first-order valence-electron chi connectivity index (χ1n) is 8.78. The first kappa shape index (κ1) is 18.1. The van der Waals surface area contributed by atoms with Crippen molar-refractivity contribution in [2.45, 2.75) is 44.2 Å². The average Bonchev–Trinajstić information content (AvgIpc) is 2.91. The number of hydrogen-bond acceptors (Lipinski definition) is 5. The number of amides is 3. The normalized spacial score (nSPS) is 21.7. The Balaban J connectivity index is 1.53. The van der Waals surface area contributed by atoms with E-state index in [9.17, 15) is 19.2 Å². The summed E-state index contributed by atoms with van der Waals surface area (Å²) in [4.78, 5) is 47.1. The SMILES string of the molecule is NCCC(=O)NC1CCC(NC(=O)c2ccc3c(c2)C(=O)C(=O)N3)CC1. The summed E-state index contributed by atoms with van der Waals surface area (Å²) in [6.07, 6.45) is 3.45. The van der Waals surface area contributed by atoms with Gasteiger partial charge in [-0.1, -0.05) is 0 Å². The molecule has 26 heavy (non-hydrogen) atoms. The number of rotatable bonds is 5. The minimum Gasteiger partial charge on any atom is -0.353 e. The number of anilines is 1. The summed E-state index contributed by atoms with van der Waals surface area (Å²) >= 11 is 0. The Morgan fingerprint density at radius 1 is 1.08 bits per heavy atom. The molecular weight excluding hydrogens is 336 g/mol. The Bertz CT molecular complexity index is 754. The second kappa shape index (κ2) is 7.65. The van der Waals surface area contributed by atoms with Crippen molar-refractivity contribution in [1.29, 1.82) is 0 Å². The molecule has 0 bridgehead atoms. The second-order valence-electron chi connectivity index (χ2n) is 6.67. The van der Waals surface area contributed by atoms with E-state index in [0.29, 0.717) is 24.2 Å². The van der Waals surface area contributed by atoms with Gasteiger partial charge in [-0.15, -0.1) is 0 Å². The Morgan fingerprint density at radius 3 is 2.38 bits per heavy atom. The molecule has 138 valence electrons. The van der Waals surface area contributed by atoms with Crippen LogP contribution in [0.25, 0.3) is 0 Å². The van der Waals surface area contributed by atoms with Crippen molar-refractivity contribution >= 4 is 29.2 Å². The highest BCUT2D eigenvalue weighted by Crippen LogP contribution is 2.24. The molecule has 0 atom stereocenters. The highest BCUT2D eigenvalue weighted by atomic mass is 16.2. The van der Waals surface area contributed by atoms with Crippen LogP contribution < -0.4 is 21.7 Å². The summed E-state index contributed by atoms with van der Waals surface area (Å²) in [5.74, 6) is -1.60. The van der Waals surface area contributed by atoms with Crippen molar-refractivity contribution in [2.24, 2.45) is 5.73 Å². The van der Waals surface area contributed by atoms with Crippen molar-refractivity contribution in [1.82, 2.24) is 10.6 Å². The molecule has 1 saturated carbocycles. The maximum absolute atomic E-state index is 12.4. The minimum absolute atomic E-state index is 0.0221. The first-order valence-corrected chi connectivity index (χ1v) is 8.78. The molecule has 1 fully saturated rings. The lowest BCUT2D eigenvalue weighted by molar-refractivity contribution is -0.121. The molecule has 8 heteroatoms. The molecule has 3 amide bonds. The largest absolute Gasteiger partial charge is 0.353 e. The van der Waals surface area contributed by atoms with Crippen LogP contribution in [-0.4, -0.2) is 42.1 Å². The molecule has 1 aliphatic heterocycles. The van der Waals surface area contributed by atoms with Gasteiger partial charge in [0.15, 0.2) is 0 Å². The van der Waals surface area contributed by atoms with Crippen LogP contribution in [0.1, 0.15) is 52.8 Å². The van der Waals surface area contributed by atoms with Crippen molar-refractivity contribution < 1.29 is 19.2 Å². The maximum Gasteiger partial charge on any atom is 0.296 e. The van der Waals surface area contributed by atoms with Crippen LogP contribution in [-0.2, 0) is 9.59 Å². The van der Waals surface area contributed by atoms with Gasteiger partial charge in [-0.2, -0.15) is 0 Å². The van der Waals surface area contributed by atoms with Crippen molar-refractivity contribution in [3.05, 3.63) is 29.3 Å². The van der Waals surface area contributed by atoms with E-state index in [1.54, 1.807) is 12.1 Å². The Labute approximate surface area is 150 Å². The number of benzene rings is 1. The van der Waals surface area contributed by atoms with Crippen LogP contribution in [0.5, 0.6) is 0 Å². The molecule has 2 aliphatic rings. The van der Waals surface area contributed by atoms with Crippen LogP contribution in [0.4, 0.5) is 5.69 Å². The van der Waals surface area contributed by atoms with Crippen LogP contribution in [0.3, 0.4) is 0 Å². The number of fused-ring (bicyclic) bond motifs is 1. The molecule has 0 unspecified atom stereocenters. The number of ketones is 1. The van der Waals surface area contributed by atoms with Crippen molar-refractivity contribution in [3.63, 3.8) is 0 Å². The maximum atomic E-state index is 12.4. The molecule has 3 rings (SSSR count). The molecular formula is C18H22N4O4. The van der Waals surface area contributed by atoms with Crippen molar-refractivity contribution in [2.75, 3.05) is 11.9 Å². The summed E-state index contributed by atoms with van der Waals surface area (Å²) in [6, 6.07) is 4.75. The van der Waals surface area contributed by atoms with E-state index in [0.717, 1.165) is 25.7 Å². The third kappa shape index (κ3) is 3.91. The molecule has 0 aromatic heterocycles. The van der Waals surface area contributed by atoms with E-state index in [1.807, 2.05) is 0 Å². The molecule has 1 aromatic carbocycles. The zero-order valence-electron chi connectivity index (χ0n) is 14.3. The summed E-state index contributed by atoms with van der Waals surface area (Å²) in [5.41, 5.74) is 6.38. The number of carbonyl (C=O) groups is 4. The van der Waals surface area contributed by atoms with Gasteiger partial charge in [-0.3, -0.25) is 19.2 Å². The fourth-order valence-electron chi connectivity index (χ4n) is 3.37. The molecule has 0 saturated heterocycles. The van der Waals surface area contributed by atoms with Gasteiger partial charge in [0.25, 0.3) is 17.6 Å². The molecule has 5 N–H and O–H groups in total. The quantitative estimate of drug-likeness (QED) is 0.563. The Hall–Kier alpha value is -2.74. The van der Waals surface area contributed by atoms with E-state index in [-0.39, 0.29) is 29.5 Å². The highest BCUT2D eigenvalue weighted by molar-refractivity contribution is 6.51. The summed E-state index contributed by atoms with van der Waals surface area (Å²) in [6.45, 7) is 0.335. The number of nitrogens with one attached hydrogen (secondary N) is 3. The smallest absolute Gasteiger partial charge is 0.296 e. The number of carbonyl (C=O) groups excluding carboxylic acids is 4. The van der Waals surface area contributed by atoms with Gasteiger partial charge in [0.1, 0.15) is 0 Å². The second-order valence-corrected chi connectivity index (χ2v) is 6.67. The monoisotopic (exact) mass is 358 g/mol. The molecule has 8 nitrogen and oxygen atoms in total. The van der Waals surface area contributed by atoms with E-state index in [1.165, 1.54) is 6.07 Å². The lowest BCUT2D eigenvalue weighted by atomic mass is 9.90. The zero-order valence-corrected chi connectivity index (χ0v) is 14.3. The van der Waals surface area contributed by atoms with E-state index in [2.05, 4.69) is 16.0 Å². The van der Waals surface area contributed by atoms with Crippen LogP contribution >= 0.6 is 0 Å².